The summed E-state index contributed by atoms with van der Waals surface area (Å²) in [6, 6.07) is 9.30. The van der Waals surface area contributed by atoms with Crippen molar-refractivity contribution in [2.75, 3.05) is 19.1 Å². The van der Waals surface area contributed by atoms with E-state index in [4.69, 9.17) is 0 Å². The van der Waals surface area contributed by atoms with Gasteiger partial charge in [-0.3, -0.25) is 0 Å². The van der Waals surface area contributed by atoms with Gasteiger partial charge in [0.05, 0.1) is 0 Å². The van der Waals surface area contributed by atoms with E-state index in [0.717, 1.165) is 6.42 Å². The standard InChI is InChI=1S/C14H19NS2/c1-15-12(7-8-16-2)9-11-10-17-14-6-4-3-5-13(11)14/h3-6,10,12,15H,7-9H2,1-2H3. The summed E-state index contributed by atoms with van der Waals surface area (Å²) in [5.74, 6) is 1.23. The number of thiophene rings is 1. The van der Waals surface area contributed by atoms with E-state index >= 15 is 0 Å². The topological polar surface area (TPSA) is 12.0 Å². The van der Waals surface area contributed by atoms with E-state index in [1.54, 1.807) is 0 Å². The van der Waals surface area contributed by atoms with Crippen LogP contribution in [0.5, 0.6) is 0 Å². The average molecular weight is 265 g/mol. The average Bonchev–Trinajstić information content (AvgIpc) is 2.78. The Labute approximate surface area is 112 Å². The fourth-order valence-corrected chi connectivity index (χ4v) is 3.56. The number of hydrogen-bond acceptors (Lipinski definition) is 3. The molecule has 2 rings (SSSR count). The van der Waals surface area contributed by atoms with Crippen molar-refractivity contribution < 1.29 is 0 Å². The number of fused-ring (bicyclic) bond motifs is 1. The highest BCUT2D eigenvalue weighted by molar-refractivity contribution is 7.98. The number of rotatable bonds is 6. The molecule has 0 spiro atoms. The third kappa shape index (κ3) is 3.24. The lowest BCUT2D eigenvalue weighted by Crippen LogP contribution is -2.28. The summed E-state index contributed by atoms with van der Waals surface area (Å²) in [4.78, 5) is 0. The molecule has 1 nitrogen and oxygen atoms in total. The maximum Gasteiger partial charge on any atom is 0.0345 e. The third-order valence-corrected chi connectivity index (χ3v) is 4.76. The van der Waals surface area contributed by atoms with Gasteiger partial charge in [-0.1, -0.05) is 18.2 Å². The van der Waals surface area contributed by atoms with Crippen molar-refractivity contribution in [1.29, 1.82) is 0 Å². The second-order valence-corrected chi connectivity index (χ2v) is 6.13. The predicted molar refractivity (Wildman–Crippen MR) is 81.4 cm³/mol. The summed E-state index contributed by atoms with van der Waals surface area (Å²) in [6.07, 6.45) is 4.55. The Bertz CT molecular complexity index is 464. The molecule has 1 aromatic heterocycles. The second-order valence-electron chi connectivity index (χ2n) is 4.23. The number of thioether (sulfide) groups is 1. The number of benzene rings is 1. The van der Waals surface area contributed by atoms with Crippen molar-refractivity contribution in [1.82, 2.24) is 5.32 Å². The van der Waals surface area contributed by atoms with Gasteiger partial charge in [0.25, 0.3) is 0 Å². The first kappa shape index (κ1) is 12.9. The molecule has 1 heterocycles. The maximum absolute atomic E-state index is 3.43. The van der Waals surface area contributed by atoms with Gasteiger partial charge in [0.15, 0.2) is 0 Å². The minimum Gasteiger partial charge on any atom is -0.317 e. The molecule has 1 aromatic carbocycles. The SMILES string of the molecule is CNC(CCSC)Cc1csc2ccccc12. The molecule has 0 aliphatic heterocycles. The van der Waals surface area contributed by atoms with E-state index in [-0.39, 0.29) is 0 Å². The number of likely N-dealkylation sites (N-methyl/N-ethyl adjacent to an activating group) is 1. The number of hydrogen-bond donors (Lipinski definition) is 1. The molecule has 17 heavy (non-hydrogen) atoms. The molecule has 0 saturated heterocycles. The Balaban J connectivity index is 2.11. The summed E-state index contributed by atoms with van der Waals surface area (Å²) >= 11 is 3.78. The molecule has 0 saturated carbocycles. The van der Waals surface area contributed by atoms with E-state index in [1.807, 2.05) is 23.1 Å². The van der Waals surface area contributed by atoms with Gasteiger partial charge in [-0.2, -0.15) is 11.8 Å². The van der Waals surface area contributed by atoms with E-state index < -0.39 is 0 Å². The molecule has 0 aliphatic rings. The largest absolute Gasteiger partial charge is 0.317 e. The van der Waals surface area contributed by atoms with Crippen molar-refractivity contribution in [3.63, 3.8) is 0 Å². The molecule has 1 unspecified atom stereocenters. The molecule has 0 aliphatic carbocycles. The van der Waals surface area contributed by atoms with Crippen LogP contribution in [0, 0.1) is 0 Å². The van der Waals surface area contributed by atoms with Crippen molar-refractivity contribution in [3.8, 4) is 0 Å². The van der Waals surface area contributed by atoms with Crippen LogP contribution in [0.3, 0.4) is 0 Å². The van der Waals surface area contributed by atoms with Crippen molar-refractivity contribution in [2.24, 2.45) is 0 Å². The summed E-state index contributed by atoms with van der Waals surface area (Å²) < 4.78 is 1.40. The molecule has 3 heteroatoms. The highest BCUT2D eigenvalue weighted by Crippen LogP contribution is 2.26. The highest BCUT2D eigenvalue weighted by atomic mass is 32.2. The summed E-state index contributed by atoms with van der Waals surface area (Å²) in [6.45, 7) is 0. The van der Waals surface area contributed by atoms with Gasteiger partial charge >= 0.3 is 0 Å². The summed E-state index contributed by atoms with van der Waals surface area (Å²) in [7, 11) is 2.07. The first-order valence-electron chi connectivity index (χ1n) is 5.96. The molecule has 1 N–H and O–H groups in total. The normalized spacial score (nSPS) is 13.1. The zero-order valence-corrected chi connectivity index (χ0v) is 12.0. The van der Waals surface area contributed by atoms with E-state index in [1.165, 1.54) is 27.8 Å². The van der Waals surface area contributed by atoms with Crippen LogP contribution < -0.4 is 5.32 Å². The number of nitrogens with one attached hydrogen (secondary N) is 1. The summed E-state index contributed by atoms with van der Waals surface area (Å²) in [5, 5.41) is 7.18. The Kier molecular flexibility index (Phi) is 4.89. The van der Waals surface area contributed by atoms with Crippen LogP contribution in [0.2, 0.25) is 0 Å². The lowest BCUT2D eigenvalue weighted by atomic mass is 10.0. The van der Waals surface area contributed by atoms with Crippen LogP contribution in [0.1, 0.15) is 12.0 Å². The van der Waals surface area contributed by atoms with Crippen LogP contribution in [0.4, 0.5) is 0 Å². The first-order valence-corrected chi connectivity index (χ1v) is 8.24. The lowest BCUT2D eigenvalue weighted by Gasteiger charge is -2.15. The van der Waals surface area contributed by atoms with Crippen molar-refractivity contribution >= 4 is 33.2 Å². The van der Waals surface area contributed by atoms with Gasteiger partial charge in [-0.15, -0.1) is 11.3 Å². The van der Waals surface area contributed by atoms with Crippen LogP contribution in [0.25, 0.3) is 10.1 Å². The first-order chi connectivity index (χ1) is 8.35. The fraction of sp³-hybridized carbons (Fsp3) is 0.429. The van der Waals surface area contributed by atoms with Gasteiger partial charge in [-0.25, -0.2) is 0 Å². The van der Waals surface area contributed by atoms with Gasteiger partial charge in [0.2, 0.25) is 0 Å². The van der Waals surface area contributed by atoms with Crippen LogP contribution in [0.15, 0.2) is 29.6 Å². The zero-order chi connectivity index (χ0) is 12.1. The van der Waals surface area contributed by atoms with E-state index in [2.05, 4.69) is 48.3 Å². The molecule has 0 bridgehead atoms. The Hall–Kier alpha value is -0.510. The Morgan fingerprint density at radius 3 is 2.94 bits per heavy atom. The van der Waals surface area contributed by atoms with Crippen LogP contribution in [-0.4, -0.2) is 25.1 Å². The molecule has 0 fully saturated rings. The molecular formula is C14H19NS2. The predicted octanol–water partition coefficient (Wildman–Crippen LogP) is 3.78. The van der Waals surface area contributed by atoms with Gasteiger partial charge < -0.3 is 5.32 Å². The minimum atomic E-state index is 0.598. The van der Waals surface area contributed by atoms with Gasteiger partial charge in [0, 0.05) is 10.7 Å². The second kappa shape index (κ2) is 6.43. The third-order valence-electron chi connectivity index (χ3n) is 3.11. The van der Waals surface area contributed by atoms with E-state index in [9.17, 15) is 0 Å². The summed E-state index contributed by atoms with van der Waals surface area (Å²) in [5.41, 5.74) is 1.49. The van der Waals surface area contributed by atoms with Crippen molar-refractivity contribution in [2.45, 2.75) is 18.9 Å². The van der Waals surface area contributed by atoms with E-state index in [0.29, 0.717) is 6.04 Å². The molecule has 2 aromatic rings. The minimum absolute atomic E-state index is 0.598. The molecule has 92 valence electrons. The Morgan fingerprint density at radius 2 is 2.18 bits per heavy atom. The zero-order valence-electron chi connectivity index (χ0n) is 10.4. The fourth-order valence-electron chi connectivity index (χ4n) is 2.06. The van der Waals surface area contributed by atoms with Crippen LogP contribution >= 0.6 is 23.1 Å². The molecular weight excluding hydrogens is 246 g/mol. The maximum atomic E-state index is 3.43. The van der Waals surface area contributed by atoms with Crippen LogP contribution in [-0.2, 0) is 6.42 Å². The van der Waals surface area contributed by atoms with Gasteiger partial charge in [0.1, 0.15) is 0 Å². The quantitative estimate of drug-likeness (QED) is 0.853. The van der Waals surface area contributed by atoms with Crippen molar-refractivity contribution in [3.05, 3.63) is 35.2 Å². The molecule has 0 amide bonds. The molecule has 0 radical (unpaired) electrons. The monoisotopic (exact) mass is 265 g/mol. The highest BCUT2D eigenvalue weighted by Gasteiger charge is 2.10. The lowest BCUT2D eigenvalue weighted by molar-refractivity contribution is 0.549. The Morgan fingerprint density at radius 1 is 1.35 bits per heavy atom. The van der Waals surface area contributed by atoms with Gasteiger partial charge in [-0.05, 0) is 54.3 Å². The molecule has 1 atom stereocenters. The smallest absolute Gasteiger partial charge is 0.0345 e.